The first-order chi connectivity index (χ1) is 7.11. The summed E-state index contributed by atoms with van der Waals surface area (Å²) in [6, 6.07) is 0. The molecule has 1 fully saturated rings. The zero-order valence-electron chi connectivity index (χ0n) is 10.0. The van der Waals surface area contributed by atoms with Gasteiger partial charge in [-0.2, -0.15) is 0 Å². The number of hydrogen-bond donors (Lipinski definition) is 2. The average Bonchev–Trinajstić information content (AvgIpc) is 2.08. The van der Waals surface area contributed by atoms with Gasteiger partial charge in [0.2, 0.25) is 5.91 Å². The van der Waals surface area contributed by atoms with Crippen LogP contribution in [0.2, 0.25) is 0 Å². The molecule has 0 aromatic carbocycles. The lowest BCUT2D eigenvalue weighted by Gasteiger charge is -2.21. The largest absolute Gasteiger partial charge is 0.352 e. The summed E-state index contributed by atoms with van der Waals surface area (Å²) < 4.78 is 0. The highest BCUT2D eigenvalue weighted by molar-refractivity contribution is 5.93. The van der Waals surface area contributed by atoms with E-state index in [0.29, 0.717) is 0 Å². The zero-order chi connectivity index (χ0) is 11.3. The van der Waals surface area contributed by atoms with Crippen LogP contribution in [0.1, 0.15) is 33.6 Å². The van der Waals surface area contributed by atoms with E-state index in [9.17, 15) is 4.79 Å². The van der Waals surface area contributed by atoms with Crippen molar-refractivity contribution in [2.24, 2.45) is 5.92 Å². The third kappa shape index (κ3) is 4.04. The Labute approximate surface area is 92.3 Å². The van der Waals surface area contributed by atoms with E-state index in [4.69, 9.17) is 0 Å². The second-order valence-electron chi connectivity index (χ2n) is 4.62. The molecule has 0 bridgehead atoms. The molecule has 1 heterocycles. The molecule has 1 amide bonds. The number of rotatable bonds is 5. The van der Waals surface area contributed by atoms with Crippen molar-refractivity contribution in [1.29, 1.82) is 0 Å². The van der Waals surface area contributed by atoms with Crippen LogP contribution in [0.25, 0.3) is 0 Å². The Morgan fingerprint density at radius 3 is 2.60 bits per heavy atom. The van der Waals surface area contributed by atoms with Gasteiger partial charge in [0.25, 0.3) is 0 Å². The Morgan fingerprint density at radius 1 is 1.47 bits per heavy atom. The molecule has 86 valence electrons. The summed E-state index contributed by atoms with van der Waals surface area (Å²) in [5.74, 6) is 0.826. The topological polar surface area (TPSA) is 41.1 Å². The van der Waals surface area contributed by atoms with Crippen molar-refractivity contribution in [3.8, 4) is 0 Å². The molecule has 2 N–H and O–H groups in total. The van der Waals surface area contributed by atoms with E-state index in [-0.39, 0.29) is 5.91 Å². The fraction of sp³-hybridized carbons (Fsp3) is 0.750. The molecule has 3 heteroatoms. The summed E-state index contributed by atoms with van der Waals surface area (Å²) in [6.07, 6.45) is 2.25. The van der Waals surface area contributed by atoms with Crippen LogP contribution in [-0.2, 0) is 4.79 Å². The Morgan fingerprint density at radius 2 is 2.13 bits per heavy atom. The van der Waals surface area contributed by atoms with E-state index in [1.807, 2.05) is 6.92 Å². The molecule has 3 nitrogen and oxygen atoms in total. The van der Waals surface area contributed by atoms with E-state index < -0.39 is 0 Å². The smallest absolute Gasteiger partial charge is 0.246 e. The fourth-order valence-corrected chi connectivity index (χ4v) is 1.52. The van der Waals surface area contributed by atoms with Crippen molar-refractivity contribution in [2.75, 3.05) is 19.6 Å². The minimum Gasteiger partial charge on any atom is -0.352 e. The molecule has 0 aromatic heterocycles. The van der Waals surface area contributed by atoms with E-state index in [2.05, 4.69) is 24.5 Å². The zero-order valence-corrected chi connectivity index (χ0v) is 10.0. The standard InChI is InChI=1S/C12H22N2O/c1-9(2)5-4-6-14-12(15)10(3)11-7-13-8-11/h9,13H,4-8H2,1-3H3,(H,14,15). The van der Waals surface area contributed by atoms with Crippen LogP contribution >= 0.6 is 0 Å². The van der Waals surface area contributed by atoms with Crippen LogP contribution in [0.3, 0.4) is 0 Å². The molecule has 0 atom stereocenters. The Kier molecular flexibility index (Phi) is 4.82. The summed E-state index contributed by atoms with van der Waals surface area (Å²) in [7, 11) is 0. The van der Waals surface area contributed by atoms with Crippen LogP contribution in [0.15, 0.2) is 11.1 Å². The van der Waals surface area contributed by atoms with E-state index in [1.54, 1.807) is 0 Å². The van der Waals surface area contributed by atoms with Crippen LogP contribution < -0.4 is 10.6 Å². The number of hydrogen-bond acceptors (Lipinski definition) is 2. The Balaban J connectivity index is 2.18. The molecule has 1 aliphatic heterocycles. The highest BCUT2D eigenvalue weighted by atomic mass is 16.1. The van der Waals surface area contributed by atoms with Crippen molar-refractivity contribution in [2.45, 2.75) is 33.6 Å². The van der Waals surface area contributed by atoms with Gasteiger partial charge in [0.05, 0.1) is 0 Å². The monoisotopic (exact) mass is 210 g/mol. The van der Waals surface area contributed by atoms with Gasteiger partial charge in [-0.25, -0.2) is 0 Å². The fourth-order valence-electron chi connectivity index (χ4n) is 1.52. The molecule has 15 heavy (non-hydrogen) atoms. The van der Waals surface area contributed by atoms with Gasteiger partial charge in [-0.1, -0.05) is 13.8 Å². The highest BCUT2D eigenvalue weighted by Crippen LogP contribution is 2.08. The van der Waals surface area contributed by atoms with E-state index in [0.717, 1.165) is 37.5 Å². The maximum atomic E-state index is 11.6. The normalized spacial score (nSPS) is 15.1. The molecule has 1 saturated heterocycles. The molecule has 0 saturated carbocycles. The van der Waals surface area contributed by atoms with Crippen molar-refractivity contribution in [3.05, 3.63) is 11.1 Å². The third-order valence-corrected chi connectivity index (χ3v) is 2.79. The quantitative estimate of drug-likeness (QED) is 0.533. The maximum Gasteiger partial charge on any atom is 0.246 e. The first-order valence-corrected chi connectivity index (χ1v) is 5.78. The molecular weight excluding hydrogens is 188 g/mol. The lowest BCUT2D eigenvalue weighted by Crippen LogP contribution is -2.37. The molecule has 1 aliphatic rings. The first kappa shape index (κ1) is 12.2. The molecular formula is C12H22N2O. The van der Waals surface area contributed by atoms with Crippen molar-refractivity contribution in [1.82, 2.24) is 10.6 Å². The lowest BCUT2D eigenvalue weighted by atomic mass is 10.0. The van der Waals surface area contributed by atoms with Crippen molar-refractivity contribution >= 4 is 5.91 Å². The second kappa shape index (κ2) is 5.91. The predicted molar refractivity (Wildman–Crippen MR) is 62.7 cm³/mol. The number of carbonyl (C=O) groups is 1. The molecule has 0 aliphatic carbocycles. The highest BCUT2D eigenvalue weighted by Gasteiger charge is 2.15. The van der Waals surface area contributed by atoms with Gasteiger partial charge in [0.15, 0.2) is 0 Å². The summed E-state index contributed by atoms with van der Waals surface area (Å²) >= 11 is 0. The molecule has 0 unspecified atom stereocenters. The van der Waals surface area contributed by atoms with Crippen LogP contribution in [0, 0.1) is 5.92 Å². The van der Waals surface area contributed by atoms with E-state index in [1.165, 1.54) is 12.0 Å². The Hall–Kier alpha value is -0.830. The van der Waals surface area contributed by atoms with Gasteiger partial charge in [-0.3, -0.25) is 4.79 Å². The lowest BCUT2D eigenvalue weighted by molar-refractivity contribution is -0.117. The summed E-state index contributed by atoms with van der Waals surface area (Å²) in [5.41, 5.74) is 2.15. The number of amides is 1. The van der Waals surface area contributed by atoms with Crippen LogP contribution in [-0.4, -0.2) is 25.5 Å². The van der Waals surface area contributed by atoms with Gasteiger partial charge >= 0.3 is 0 Å². The minimum absolute atomic E-state index is 0.107. The van der Waals surface area contributed by atoms with Gasteiger partial charge in [0.1, 0.15) is 0 Å². The van der Waals surface area contributed by atoms with Crippen LogP contribution in [0.4, 0.5) is 0 Å². The molecule has 0 aromatic rings. The Bertz CT molecular complexity index is 250. The van der Waals surface area contributed by atoms with Gasteiger partial charge in [-0.15, -0.1) is 0 Å². The summed E-state index contributed by atoms with van der Waals surface area (Å²) in [6.45, 7) is 8.88. The average molecular weight is 210 g/mol. The van der Waals surface area contributed by atoms with Gasteiger partial charge in [-0.05, 0) is 31.3 Å². The van der Waals surface area contributed by atoms with Crippen molar-refractivity contribution < 1.29 is 4.79 Å². The van der Waals surface area contributed by atoms with Gasteiger partial charge < -0.3 is 10.6 Å². The first-order valence-electron chi connectivity index (χ1n) is 5.78. The minimum atomic E-state index is 0.107. The number of nitrogens with one attached hydrogen (secondary N) is 2. The van der Waals surface area contributed by atoms with Crippen LogP contribution in [0.5, 0.6) is 0 Å². The summed E-state index contributed by atoms with van der Waals surface area (Å²) in [5, 5.41) is 6.10. The van der Waals surface area contributed by atoms with Gasteiger partial charge in [0, 0.05) is 25.2 Å². The predicted octanol–water partition coefficient (Wildman–Crippen LogP) is 1.46. The molecule has 1 rings (SSSR count). The molecule has 0 spiro atoms. The van der Waals surface area contributed by atoms with Crippen molar-refractivity contribution in [3.63, 3.8) is 0 Å². The SMILES string of the molecule is CC(C(=O)NCCCC(C)C)=C1CNC1. The molecule has 0 radical (unpaired) electrons. The second-order valence-corrected chi connectivity index (χ2v) is 4.62. The summed E-state index contributed by atoms with van der Waals surface area (Å²) in [4.78, 5) is 11.6. The maximum absolute atomic E-state index is 11.6. The number of carbonyl (C=O) groups excluding carboxylic acids is 1. The third-order valence-electron chi connectivity index (χ3n) is 2.79. The van der Waals surface area contributed by atoms with E-state index >= 15 is 0 Å².